The molecular formula is C18H25NO4. The Bertz CT molecular complexity index is 489. The summed E-state index contributed by atoms with van der Waals surface area (Å²) in [6.45, 7) is 6.72. The van der Waals surface area contributed by atoms with E-state index in [-0.39, 0.29) is 11.5 Å². The fraction of sp³-hybridized carbons (Fsp3) is 0.444. The molecule has 23 heavy (non-hydrogen) atoms. The fourth-order valence-corrected chi connectivity index (χ4v) is 2.01. The number of hydrogen-bond donors (Lipinski definition) is 0. The summed E-state index contributed by atoms with van der Waals surface area (Å²) in [7, 11) is 0. The second kappa shape index (κ2) is 11.6. The van der Waals surface area contributed by atoms with Crippen LogP contribution in [-0.2, 0) is 19.1 Å². The zero-order valence-electron chi connectivity index (χ0n) is 13.9. The molecule has 0 aliphatic rings. The van der Waals surface area contributed by atoms with Gasteiger partial charge in [-0.05, 0) is 25.5 Å². The third-order valence-corrected chi connectivity index (χ3v) is 3.20. The van der Waals surface area contributed by atoms with Gasteiger partial charge in [0.15, 0.2) is 6.29 Å². The highest BCUT2D eigenvalue weighted by molar-refractivity contribution is 6.14. The van der Waals surface area contributed by atoms with Crippen molar-refractivity contribution in [2.75, 3.05) is 39.5 Å². The number of hydrogen-bond acceptors (Lipinski definition) is 4. The van der Waals surface area contributed by atoms with Crippen LogP contribution < -0.4 is 0 Å². The largest absolute Gasteiger partial charge is 0.380 e. The first-order valence-corrected chi connectivity index (χ1v) is 7.89. The molecular weight excluding hydrogens is 294 g/mol. The topological polar surface area (TPSA) is 55.8 Å². The van der Waals surface area contributed by atoms with Crippen LogP contribution >= 0.6 is 0 Å². The molecule has 0 saturated heterocycles. The lowest BCUT2D eigenvalue weighted by molar-refractivity contribution is -0.129. The summed E-state index contributed by atoms with van der Waals surface area (Å²) in [5, 5.41) is 0. The van der Waals surface area contributed by atoms with Gasteiger partial charge in [-0.25, -0.2) is 0 Å². The van der Waals surface area contributed by atoms with Crippen LogP contribution in [0.1, 0.15) is 19.4 Å². The highest BCUT2D eigenvalue weighted by Gasteiger charge is 2.17. The van der Waals surface area contributed by atoms with E-state index in [4.69, 9.17) is 9.47 Å². The lowest BCUT2D eigenvalue weighted by atomic mass is 10.1. The molecule has 0 unspecified atom stereocenters. The highest BCUT2D eigenvalue weighted by Crippen LogP contribution is 2.08. The maximum Gasteiger partial charge on any atom is 0.257 e. The summed E-state index contributed by atoms with van der Waals surface area (Å²) in [5.41, 5.74) is 0.946. The number of carbonyl (C=O) groups is 2. The van der Waals surface area contributed by atoms with Gasteiger partial charge < -0.3 is 14.4 Å². The minimum atomic E-state index is -0.303. The average molecular weight is 319 g/mol. The van der Waals surface area contributed by atoms with Gasteiger partial charge in [0.1, 0.15) is 0 Å². The Hall–Kier alpha value is -1.98. The zero-order chi connectivity index (χ0) is 16.9. The minimum absolute atomic E-state index is 0.129. The first-order chi connectivity index (χ1) is 11.2. The van der Waals surface area contributed by atoms with E-state index in [0.717, 1.165) is 5.56 Å². The molecule has 0 N–H and O–H groups in total. The molecule has 1 aromatic carbocycles. The normalized spacial score (nSPS) is 11.3. The summed E-state index contributed by atoms with van der Waals surface area (Å²) in [6.07, 6.45) is 2.20. The lowest BCUT2D eigenvalue weighted by Gasteiger charge is -2.22. The number of amides is 1. The lowest BCUT2D eigenvalue weighted by Crippen LogP contribution is -2.38. The van der Waals surface area contributed by atoms with E-state index in [1.54, 1.807) is 11.0 Å². The van der Waals surface area contributed by atoms with Gasteiger partial charge >= 0.3 is 0 Å². The number of ether oxygens (including phenoxy) is 2. The van der Waals surface area contributed by atoms with Gasteiger partial charge in [-0.1, -0.05) is 30.3 Å². The van der Waals surface area contributed by atoms with E-state index in [9.17, 15) is 9.59 Å². The first-order valence-electron chi connectivity index (χ1n) is 7.89. The van der Waals surface area contributed by atoms with Gasteiger partial charge in [0, 0.05) is 26.3 Å². The first kappa shape index (κ1) is 19.1. The molecule has 0 atom stereocenters. The SMILES string of the molecule is CCOCCN(CCOCC)C(=O)C(C=O)=Cc1ccccc1. The molecule has 126 valence electrons. The molecule has 0 heterocycles. The maximum atomic E-state index is 12.6. The van der Waals surface area contributed by atoms with E-state index < -0.39 is 0 Å². The molecule has 0 bridgehead atoms. The van der Waals surface area contributed by atoms with Crippen LogP contribution in [0.2, 0.25) is 0 Å². The van der Waals surface area contributed by atoms with Crippen molar-refractivity contribution in [3.05, 3.63) is 41.5 Å². The molecule has 0 spiro atoms. The monoisotopic (exact) mass is 319 g/mol. The fourth-order valence-electron chi connectivity index (χ4n) is 2.01. The maximum absolute atomic E-state index is 12.6. The summed E-state index contributed by atoms with van der Waals surface area (Å²) < 4.78 is 10.6. The Morgan fingerprint density at radius 2 is 1.61 bits per heavy atom. The Kier molecular flexibility index (Phi) is 9.59. The van der Waals surface area contributed by atoms with E-state index in [2.05, 4.69) is 0 Å². The van der Waals surface area contributed by atoms with Crippen LogP contribution in [0.15, 0.2) is 35.9 Å². The van der Waals surface area contributed by atoms with Crippen LogP contribution in [0.4, 0.5) is 0 Å². The van der Waals surface area contributed by atoms with Gasteiger partial charge in [-0.15, -0.1) is 0 Å². The van der Waals surface area contributed by atoms with Crippen molar-refractivity contribution in [1.29, 1.82) is 0 Å². The Labute approximate surface area is 137 Å². The Balaban J connectivity index is 2.81. The minimum Gasteiger partial charge on any atom is -0.380 e. The van der Waals surface area contributed by atoms with Crippen LogP contribution in [-0.4, -0.2) is 56.6 Å². The van der Waals surface area contributed by atoms with Crippen molar-refractivity contribution in [3.8, 4) is 0 Å². The number of rotatable bonds is 11. The van der Waals surface area contributed by atoms with Crippen LogP contribution in [0.5, 0.6) is 0 Å². The van der Waals surface area contributed by atoms with Crippen molar-refractivity contribution < 1.29 is 19.1 Å². The molecule has 0 saturated carbocycles. The number of aldehydes is 1. The van der Waals surface area contributed by atoms with Gasteiger partial charge in [-0.2, -0.15) is 0 Å². The van der Waals surface area contributed by atoms with Gasteiger partial charge in [0.25, 0.3) is 5.91 Å². The smallest absolute Gasteiger partial charge is 0.257 e. The molecule has 1 rings (SSSR count). The molecule has 5 heteroatoms. The molecule has 0 aromatic heterocycles. The predicted octanol–water partition coefficient (Wildman–Crippen LogP) is 2.17. The van der Waals surface area contributed by atoms with Crippen LogP contribution in [0.25, 0.3) is 6.08 Å². The second-order valence-electron chi connectivity index (χ2n) is 4.81. The molecule has 5 nitrogen and oxygen atoms in total. The van der Waals surface area contributed by atoms with E-state index >= 15 is 0 Å². The number of carbonyl (C=O) groups excluding carboxylic acids is 2. The Morgan fingerprint density at radius 1 is 1.04 bits per heavy atom. The number of nitrogens with zero attached hydrogens (tertiary/aromatic N) is 1. The second-order valence-corrected chi connectivity index (χ2v) is 4.81. The molecule has 0 aliphatic heterocycles. The summed E-state index contributed by atoms with van der Waals surface area (Å²) in [5.74, 6) is -0.303. The van der Waals surface area contributed by atoms with Crippen molar-refractivity contribution in [2.24, 2.45) is 0 Å². The van der Waals surface area contributed by atoms with Gasteiger partial charge in [-0.3, -0.25) is 9.59 Å². The highest BCUT2D eigenvalue weighted by atomic mass is 16.5. The predicted molar refractivity (Wildman–Crippen MR) is 90.0 cm³/mol. The van der Waals surface area contributed by atoms with Crippen molar-refractivity contribution in [1.82, 2.24) is 4.90 Å². The molecule has 1 aromatic rings. The van der Waals surface area contributed by atoms with Gasteiger partial charge in [0.2, 0.25) is 0 Å². The van der Waals surface area contributed by atoms with Gasteiger partial charge in [0.05, 0.1) is 18.8 Å². The van der Waals surface area contributed by atoms with Crippen molar-refractivity contribution >= 4 is 18.3 Å². The van der Waals surface area contributed by atoms with E-state index in [0.29, 0.717) is 45.8 Å². The standard InChI is InChI=1S/C18H25NO4/c1-3-22-12-10-19(11-13-23-4-2)18(21)17(15-20)14-16-8-6-5-7-9-16/h5-9,14-15H,3-4,10-13H2,1-2H3. The summed E-state index contributed by atoms with van der Waals surface area (Å²) in [6, 6.07) is 9.31. The van der Waals surface area contributed by atoms with Crippen LogP contribution in [0, 0.1) is 0 Å². The quantitative estimate of drug-likeness (QED) is 0.206. The van der Waals surface area contributed by atoms with Crippen molar-refractivity contribution in [2.45, 2.75) is 13.8 Å². The third kappa shape index (κ3) is 7.21. The van der Waals surface area contributed by atoms with E-state index in [1.807, 2.05) is 44.2 Å². The molecule has 0 aliphatic carbocycles. The number of benzene rings is 1. The summed E-state index contributed by atoms with van der Waals surface area (Å²) >= 11 is 0. The third-order valence-electron chi connectivity index (χ3n) is 3.20. The molecule has 1 amide bonds. The molecule has 0 radical (unpaired) electrons. The average Bonchev–Trinajstić information content (AvgIpc) is 2.59. The zero-order valence-corrected chi connectivity index (χ0v) is 13.9. The van der Waals surface area contributed by atoms with E-state index in [1.165, 1.54) is 0 Å². The van der Waals surface area contributed by atoms with Crippen LogP contribution in [0.3, 0.4) is 0 Å². The summed E-state index contributed by atoms with van der Waals surface area (Å²) in [4.78, 5) is 25.5. The van der Waals surface area contributed by atoms with Crippen molar-refractivity contribution in [3.63, 3.8) is 0 Å². The molecule has 0 fully saturated rings. The Morgan fingerprint density at radius 3 is 2.09 bits per heavy atom.